The van der Waals surface area contributed by atoms with E-state index in [2.05, 4.69) is 51.2 Å². The molecule has 0 atom stereocenters. The minimum Gasteiger partial charge on any atom is -0.147 e. The molecule has 0 aliphatic heterocycles. The van der Waals surface area contributed by atoms with Gasteiger partial charge in [-0.1, -0.05) is 0 Å². The molecule has 0 aromatic rings. The van der Waals surface area contributed by atoms with E-state index in [-0.39, 0.29) is 24.8 Å². The molecule has 4 heteroatoms. The van der Waals surface area contributed by atoms with E-state index in [1.54, 1.807) is 11.1 Å². The Hall–Kier alpha value is 0.640. The average molecular weight is 410 g/mol. The van der Waals surface area contributed by atoms with E-state index < -0.39 is 26.8 Å². The number of hydrogen-bond acceptors (Lipinski definition) is 0. The van der Waals surface area contributed by atoms with E-state index in [1.807, 2.05) is 6.56 Å². The van der Waals surface area contributed by atoms with Gasteiger partial charge in [-0.2, -0.15) is 0 Å². The monoisotopic (exact) mass is 407 g/mol. The van der Waals surface area contributed by atoms with Crippen LogP contribution in [0.25, 0.3) is 0 Å². The Bertz CT molecular complexity index is 409. The molecule has 0 nitrogen and oxygen atoms in total. The molecule has 0 N–H and O–H groups in total. The molecule has 0 unspecified atom stereocenters. The number of halogens is 2. The van der Waals surface area contributed by atoms with Crippen molar-refractivity contribution in [3.8, 4) is 0 Å². The molecular formula is C16H27Cl2SiZr. The number of rotatable bonds is 5. The van der Waals surface area contributed by atoms with Crippen LogP contribution in [0.3, 0.4) is 0 Å². The van der Waals surface area contributed by atoms with Gasteiger partial charge in [-0.05, 0) is 0 Å². The molecule has 2 rings (SSSR count). The SMILES string of the molecule is CCC1=[C]([Zr]([C]2=C(CC)C=CC2)[SiH](C)C)CC=C1.Cl.Cl. The van der Waals surface area contributed by atoms with Crippen LogP contribution in [0.2, 0.25) is 13.1 Å². The van der Waals surface area contributed by atoms with Gasteiger partial charge in [0.1, 0.15) is 0 Å². The van der Waals surface area contributed by atoms with E-state index in [9.17, 15) is 0 Å². The molecule has 0 amide bonds. The Morgan fingerprint density at radius 1 is 0.900 bits per heavy atom. The molecule has 2 aliphatic rings. The van der Waals surface area contributed by atoms with Crippen molar-refractivity contribution in [2.45, 2.75) is 52.6 Å². The van der Waals surface area contributed by atoms with Crippen LogP contribution in [0.15, 0.2) is 42.0 Å². The summed E-state index contributed by atoms with van der Waals surface area (Å²) >= 11 is -1.45. The van der Waals surface area contributed by atoms with Crippen LogP contribution in [0.1, 0.15) is 39.5 Å². The predicted octanol–water partition coefficient (Wildman–Crippen LogP) is 5.68. The summed E-state index contributed by atoms with van der Waals surface area (Å²) in [6.45, 7) is 9.86. The fourth-order valence-electron chi connectivity index (χ4n) is 3.21. The molecule has 113 valence electrons. The summed E-state index contributed by atoms with van der Waals surface area (Å²) in [6, 6.07) is 0. The van der Waals surface area contributed by atoms with Gasteiger partial charge in [-0.25, -0.2) is 0 Å². The summed E-state index contributed by atoms with van der Waals surface area (Å²) < 4.78 is 3.90. The topological polar surface area (TPSA) is 0 Å². The van der Waals surface area contributed by atoms with E-state index in [0.717, 1.165) is 0 Å². The minimum atomic E-state index is -1.45. The first-order valence-corrected chi connectivity index (χ1v) is 16.9. The van der Waals surface area contributed by atoms with Crippen LogP contribution in [-0.2, 0) is 20.9 Å². The molecule has 0 fully saturated rings. The van der Waals surface area contributed by atoms with Crippen LogP contribution >= 0.6 is 24.8 Å². The van der Waals surface area contributed by atoms with E-state index in [0.29, 0.717) is 0 Å². The van der Waals surface area contributed by atoms with Gasteiger partial charge in [0.2, 0.25) is 0 Å². The third-order valence-corrected chi connectivity index (χ3v) is 23.6. The zero-order valence-corrected chi connectivity index (χ0v) is 18.3. The smallest absolute Gasteiger partial charge is 0.147 e. The molecule has 0 spiro atoms. The van der Waals surface area contributed by atoms with Crippen LogP contribution in [0.5, 0.6) is 0 Å². The molecule has 0 heterocycles. The summed E-state index contributed by atoms with van der Waals surface area (Å²) in [7, 11) is 0. The molecule has 0 aromatic heterocycles. The molecule has 0 saturated carbocycles. The van der Waals surface area contributed by atoms with Crippen molar-refractivity contribution in [3.63, 3.8) is 0 Å². The summed E-state index contributed by atoms with van der Waals surface area (Å²) in [5.74, 6) is -0.496. The Kier molecular flexibility index (Phi) is 9.92. The second kappa shape index (κ2) is 9.62. The van der Waals surface area contributed by atoms with Crippen molar-refractivity contribution in [3.05, 3.63) is 42.0 Å². The maximum Gasteiger partial charge on any atom is -0.147 e. The summed E-state index contributed by atoms with van der Waals surface area (Å²) in [5.41, 5.74) is 3.42. The second-order valence-corrected chi connectivity index (χ2v) is 24.7. The minimum absolute atomic E-state index is 0. The van der Waals surface area contributed by atoms with Gasteiger partial charge in [0.15, 0.2) is 0 Å². The van der Waals surface area contributed by atoms with E-state index in [4.69, 9.17) is 0 Å². The molecule has 0 radical (unpaired) electrons. The van der Waals surface area contributed by atoms with Crippen LogP contribution < -0.4 is 0 Å². The van der Waals surface area contributed by atoms with Gasteiger partial charge < -0.3 is 0 Å². The number of allylic oxidation sites excluding steroid dienone is 8. The van der Waals surface area contributed by atoms with Crippen molar-refractivity contribution < 1.29 is 20.9 Å². The second-order valence-electron chi connectivity index (χ2n) is 5.50. The third kappa shape index (κ3) is 4.32. The normalized spacial score (nSPS) is 16.9. The average Bonchev–Trinajstić information content (AvgIpc) is 2.97. The van der Waals surface area contributed by atoms with Gasteiger partial charge in [0.05, 0.1) is 0 Å². The van der Waals surface area contributed by atoms with Gasteiger partial charge in [-0.15, -0.1) is 24.8 Å². The van der Waals surface area contributed by atoms with Crippen molar-refractivity contribution in [1.29, 1.82) is 0 Å². The zero-order valence-electron chi connectivity index (χ0n) is 13.0. The van der Waals surface area contributed by atoms with Crippen LogP contribution in [0, 0.1) is 0 Å². The van der Waals surface area contributed by atoms with Crippen molar-refractivity contribution in [2.24, 2.45) is 0 Å². The van der Waals surface area contributed by atoms with E-state index in [1.165, 1.54) is 25.7 Å². The summed E-state index contributed by atoms with van der Waals surface area (Å²) in [4.78, 5) is 0. The first-order valence-electron chi connectivity index (χ1n) is 7.33. The molecule has 0 aromatic carbocycles. The first kappa shape index (κ1) is 20.6. The first-order chi connectivity index (χ1) is 8.69. The quantitative estimate of drug-likeness (QED) is 0.513. The van der Waals surface area contributed by atoms with E-state index >= 15 is 0 Å². The molecule has 2 aliphatic carbocycles. The Morgan fingerprint density at radius 3 is 1.60 bits per heavy atom. The van der Waals surface area contributed by atoms with Crippen molar-refractivity contribution >= 4 is 30.7 Å². The maximum atomic E-state index is 2.60. The number of hydrogen-bond donors (Lipinski definition) is 0. The fourth-order valence-corrected chi connectivity index (χ4v) is 24.0. The molecule has 0 saturated heterocycles. The van der Waals surface area contributed by atoms with Crippen LogP contribution in [-0.4, -0.2) is 5.92 Å². The zero-order chi connectivity index (χ0) is 13.1. The van der Waals surface area contributed by atoms with Crippen molar-refractivity contribution in [1.82, 2.24) is 0 Å². The standard InChI is InChI=1S/2C7H9.C2H7Si.2ClH.Zr/c2*1-2-7-5-3-4-6-7;1-3-2;;;/h2*3,5H,2,4H2,1H3;3H,1-2H3;2*1H;. The summed E-state index contributed by atoms with van der Waals surface area (Å²) in [5, 5.41) is 0. The van der Waals surface area contributed by atoms with Crippen molar-refractivity contribution in [2.75, 3.05) is 0 Å². The molecule has 20 heavy (non-hydrogen) atoms. The largest absolute Gasteiger partial charge is 0.147 e. The van der Waals surface area contributed by atoms with Gasteiger partial charge in [0, 0.05) is 0 Å². The van der Waals surface area contributed by atoms with Gasteiger partial charge in [0.25, 0.3) is 0 Å². The Labute approximate surface area is 145 Å². The van der Waals surface area contributed by atoms with Crippen LogP contribution in [0.4, 0.5) is 0 Å². The Balaban J connectivity index is 0.00000180. The Morgan fingerprint density at radius 2 is 1.30 bits per heavy atom. The third-order valence-electron chi connectivity index (χ3n) is 4.05. The maximum absolute atomic E-state index is 2.60. The summed E-state index contributed by atoms with van der Waals surface area (Å²) in [6.07, 6.45) is 14.8. The molecular weight excluding hydrogens is 382 g/mol. The fraction of sp³-hybridized carbons (Fsp3) is 0.500. The predicted molar refractivity (Wildman–Crippen MR) is 95.5 cm³/mol. The van der Waals surface area contributed by atoms with Gasteiger partial charge in [-0.3, -0.25) is 0 Å². The van der Waals surface area contributed by atoms with Gasteiger partial charge >= 0.3 is 121 Å². The molecule has 0 bridgehead atoms.